The minimum atomic E-state index is 0.621. The molecule has 1 aliphatic carbocycles. The predicted molar refractivity (Wildman–Crippen MR) is 120 cm³/mol. The molecule has 1 N–H and O–H groups in total. The lowest BCUT2D eigenvalue weighted by molar-refractivity contribution is 0.454. The van der Waals surface area contributed by atoms with Gasteiger partial charge in [-0.25, -0.2) is 0 Å². The number of fused-ring (bicyclic) bond motifs is 4. The van der Waals surface area contributed by atoms with E-state index in [1.54, 1.807) is 0 Å². The highest BCUT2D eigenvalue weighted by Crippen LogP contribution is 2.49. The molecule has 3 heteroatoms. The smallest absolute Gasteiger partial charge is 0.537 e. The summed E-state index contributed by atoms with van der Waals surface area (Å²) in [5.74, 6) is 0.621. The number of rotatable bonds is 3. The van der Waals surface area contributed by atoms with Crippen molar-refractivity contribution in [3.63, 3.8) is 0 Å². The van der Waals surface area contributed by atoms with Crippen LogP contribution in [0.1, 0.15) is 0 Å². The summed E-state index contributed by atoms with van der Waals surface area (Å²) < 4.78 is 5.08. The van der Waals surface area contributed by atoms with Crippen molar-refractivity contribution in [1.82, 2.24) is 0 Å². The maximum atomic E-state index is 8.85. The third-order valence-corrected chi connectivity index (χ3v) is 5.86. The Balaban J connectivity index is 1.56. The fourth-order valence-electron chi connectivity index (χ4n) is 4.59. The van der Waals surface area contributed by atoms with E-state index in [-0.39, 0.29) is 0 Å². The molecule has 0 aliphatic heterocycles. The predicted octanol–water partition coefficient (Wildman–Crippen LogP) is 6.21. The SMILES string of the molecule is O[B]Oc1ccc2cc(-c3ccc4c5c(cccc35)-c3ccccc3-4)ccc2c1. The lowest BCUT2D eigenvalue weighted by Gasteiger charge is -2.11. The molecule has 6 rings (SSSR count). The van der Waals surface area contributed by atoms with Gasteiger partial charge in [0.1, 0.15) is 5.75 Å². The molecule has 2 nitrogen and oxygen atoms in total. The summed E-state index contributed by atoms with van der Waals surface area (Å²) in [6.45, 7) is 0. The third kappa shape index (κ3) is 2.41. The minimum Gasteiger partial charge on any atom is -0.537 e. The highest BCUT2D eigenvalue weighted by Gasteiger charge is 2.22. The van der Waals surface area contributed by atoms with Gasteiger partial charge in [-0.3, -0.25) is 0 Å². The molecule has 0 aromatic heterocycles. The Hall–Kier alpha value is -3.56. The topological polar surface area (TPSA) is 29.5 Å². The van der Waals surface area contributed by atoms with E-state index in [0.29, 0.717) is 13.4 Å². The van der Waals surface area contributed by atoms with Gasteiger partial charge in [0.2, 0.25) is 0 Å². The van der Waals surface area contributed by atoms with Crippen molar-refractivity contribution in [3.8, 4) is 39.1 Å². The van der Waals surface area contributed by atoms with Gasteiger partial charge in [0.25, 0.3) is 0 Å². The zero-order chi connectivity index (χ0) is 19.4. The van der Waals surface area contributed by atoms with Crippen molar-refractivity contribution in [2.24, 2.45) is 0 Å². The third-order valence-electron chi connectivity index (χ3n) is 5.86. The molecule has 0 bridgehead atoms. The van der Waals surface area contributed by atoms with Crippen LogP contribution in [0.3, 0.4) is 0 Å². The lowest BCUT2D eigenvalue weighted by Crippen LogP contribution is -1.99. The summed E-state index contributed by atoms with van der Waals surface area (Å²) in [5, 5.41) is 13.7. The molecular formula is C26H16BO2. The molecule has 0 saturated heterocycles. The molecule has 135 valence electrons. The first kappa shape index (κ1) is 16.4. The average Bonchev–Trinajstić information content (AvgIpc) is 3.10. The normalized spacial score (nSPS) is 11.6. The van der Waals surface area contributed by atoms with E-state index in [4.69, 9.17) is 9.68 Å². The summed E-state index contributed by atoms with van der Waals surface area (Å²) in [6, 6.07) is 32.0. The summed E-state index contributed by atoms with van der Waals surface area (Å²) in [5.41, 5.74) is 7.70. The van der Waals surface area contributed by atoms with E-state index in [1.165, 1.54) is 44.2 Å². The fourth-order valence-corrected chi connectivity index (χ4v) is 4.59. The van der Waals surface area contributed by atoms with Gasteiger partial charge in [-0.15, -0.1) is 0 Å². The molecule has 0 heterocycles. The highest BCUT2D eigenvalue weighted by atomic mass is 16.5. The average molecular weight is 371 g/mol. The molecule has 0 spiro atoms. The molecule has 5 aromatic rings. The standard InChI is InChI=1S/C26H16BO2/c28-27-29-19-11-10-16-14-18(9-8-17(16)15-19)20-12-13-25-22-5-2-1-4-21(22)24-7-3-6-23(20)26(24)25/h1-15,28H. The van der Waals surface area contributed by atoms with Crippen LogP contribution in [-0.4, -0.2) is 12.7 Å². The van der Waals surface area contributed by atoms with Gasteiger partial charge < -0.3 is 9.68 Å². The minimum absolute atomic E-state index is 0.621. The Morgan fingerprint density at radius 2 is 1.28 bits per heavy atom. The maximum Gasteiger partial charge on any atom is 0.569 e. The van der Waals surface area contributed by atoms with Crippen molar-refractivity contribution >= 4 is 29.2 Å². The number of benzene rings is 5. The molecule has 0 unspecified atom stereocenters. The molecule has 0 atom stereocenters. The van der Waals surface area contributed by atoms with Crippen LogP contribution >= 0.6 is 0 Å². The summed E-state index contributed by atoms with van der Waals surface area (Å²) in [6.07, 6.45) is 0. The number of hydrogen-bond donors (Lipinski definition) is 1. The molecule has 29 heavy (non-hydrogen) atoms. The van der Waals surface area contributed by atoms with E-state index in [1.807, 2.05) is 18.2 Å². The number of hydrogen-bond acceptors (Lipinski definition) is 2. The zero-order valence-electron chi connectivity index (χ0n) is 15.6. The van der Waals surface area contributed by atoms with Crippen LogP contribution < -0.4 is 4.65 Å². The van der Waals surface area contributed by atoms with E-state index in [0.717, 1.165) is 10.8 Å². The summed E-state index contributed by atoms with van der Waals surface area (Å²) in [7, 11) is 0.709. The fraction of sp³-hybridized carbons (Fsp3) is 0. The maximum absolute atomic E-state index is 8.85. The molecule has 5 aromatic carbocycles. The van der Waals surface area contributed by atoms with Crippen molar-refractivity contribution < 1.29 is 9.68 Å². The van der Waals surface area contributed by atoms with Crippen molar-refractivity contribution in [2.45, 2.75) is 0 Å². The van der Waals surface area contributed by atoms with Gasteiger partial charge in [-0.1, -0.05) is 72.8 Å². The van der Waals surface area contributed by atoms with Crippen LogP contribution in [-0.2, 0) is 0 Å². The van der Waals surface area contributed by atoms with Gasteiger partial charge in [0, 0.05) is 0 Å². The van der Waals surface area contributed by atoms with Crippen LogP contribution in [0.4, 0.5) is 0 Å². The summed E-state index contributed by atoms with van der Waals surface area (Å²) in [4.78, 5) is 0. The Bertz CT molecular complexity index is 1390. The van der Waals surface area contributed by atoms with Gasteiger partial charge in [0.05, 0.1) is 0 Å². The molecule has 0 saturated carbocycles. The van der Waals surface area contributed by atoms with Gasteiger partial charge in [0.15, 0.2) is 0 Å². The molecule has 1 aliphatic rings. The Kier molecular flexibility index (Phi) is 3.52. The van der Waals surface area contributed by atoms with Crippen molar-refractivity contribution in [3.05, 3.63) is 91.0 Å². The van der Waals surface area contributed by atoms with Crippen molar-refractivity contribution in [2.75, 3.05) is 0 Å². The Morgan fingerprint density at radius 1 is 0.586 bits per heavy atom. The lowest BCUT2D eigenvalue weighted by atomic mass is 9.93. The van der Waals surface area contributed by atoms with Crippen LogP contribution in [0.5, 0.6) is 5.75 Å². The first-order valence-corrected chi connectivity index (χ1v) is 9.66. The zero-order valence-corrected chi connectivity index (χ0v) is 15.6. The van der Waals surface area contributed by atoms with Crippen molar-refractivity contribution in [1.29, 1.82) is 0 Å². The molecule has 1 radical (unpaired) electrons. The van der Waals surface area contributed by atoms with E-state index >= 15 is 0 Å². The largest absolute Gasteiger partial charge is 0.569 e. The van der Waals surface area contributed by atoms with E-state index in [9.17, 15) is 0 Å². The second-order valence-corrected chi connectivity index (χ2v) is 7.38. The van der Waals surface area contributed by atoms with E-state index in [2.05, 4.69) is 72.8 Å². The first-order chi connectivity index (χ1) is 14.3. The second kappa shape index (κ2) is 6.23. The molecular weight excluding hydrogens is 355 g/mol. The van der Waals surface area contributed by atoms with Gasteiger partial charge in [-0.2, -0.15) is 0 Å². The second-order valence-electron chi connectivity index (χ2n) is 7.38. The van der Waals surface area contributed by atoms with E-state index < -0.39 is 0 Å². The van der Waals surface area contributed by atoms with Gasteiger partial charge in [-0.05, 0) is 73.1 Å². The monoisotopic (exact) mass is 371 g/mol. The molecule has 0 amide bonds. The highest BCUT2D eigenvalue weighted by molar-refractivity contribution is 6.19. The summed E-state index contributed by atoms with van der Waals surface area (Å²) >= 11 is 0. The quantitative estimate of drug-likeness (QED) is 0.375. The Morgan fingerprint density at radius 3 is 2.10 bits per heavy atom. The molecule has 0 fully saturated rings. The van der Waals surface area contributed by atoms with Crippen LogP contribution in [0.2, 0.25) is 0 Å². The van der Waals surface area contributed by atoms with Crippen LogP contribution in [0.15, 0.2) is 91.0 Å². The first-order valence-electron chi connectivity index (χ1n) is 9.66. The van der Waals surface area contributed by atoms with Gasteiger partial charge >= 0.3 is 7.69 Å². The van der Waals surface area contributed by atoms with Crippen LogP contribution in [0, 0.1) is 0 Å². The van der Waals surface area contributed by atoms with Crippen LogP contribution in [0.25, 0.3) is 54.9 Å². The Labute approximate surface area is 169 Å².